The summed E-state index contributed by atoms with van der Waals surface area (Å²) in [6.07, 6.45) is 11.1. The standard InChI is InChI=1S/C14H26O3Si/c1-5-9-10-11-12-13-14-18(15-6-2,16-7-3)17-8-4/h9-14H,5-8H2,1-4H3. The summed E-state index contributed by atoms with van der Waals surface area (Å²) in [6, 6.07) is 0. The van der Waals surface area contributed by atoms with Gasteiger partial charge in [0.05, 0.1) is 0 Å². The predicted molar refractivity (Wildman–Crippen MR) is 78.3 cm³/mol. The average Bonchev–Trinajstić information content (AvgIpc) is 2.35. The van der Waals surface area contributed by atoms with E-state index in [4.69, 9.17) is 13.3 Å². The topological polar surface area (TPSA) is 27.7 Å². The highest BCUT2D eigenvalue weighted by molar-refractivity contribution is 6.66. The molecule has 104 valence electrons. The summed E-state index contributed by atoms with van der Waals surface area (Å²) >= 11 is 0. The van der Waals surface area contributed by atoms with Crippen LogP contribution >= 0.6 is 0 Å². The Labute approximate surface area is 113 Å². The van der Waals surface area contributed by atoms with Crippen LogP contribution in [0.25, 0.3) is 0 Å². The number of rotatable bonds is 10. The molecule has 0 aliphatic heterocycles. The van der Waals surface area contributed by atoms with Crippen LogP contribution in [0.2, 0.25) is 0 Å². The lowest BCUT2D eigenvalue weighted by molar-refractivity contribution is 0.0843. The maximum Gasteiger partial charge on any atom is 0.529 e. The van der Waals surface area contributed by atoms with E-state index in [0.29, 0.717) is 19.8 Å². The van der Waals surface area contributed by atoms with Crippen LogP contribution in [0.4, 0.5) is 0 Å². The first kappa shape index (κ1) is 17.3. The Bertz CT molecular complexity index is 255. The molecule has 0 atom stereocenters. The summed E-state index contributed by atoms with van der Waals surface area (Å²) in [5, 5.41) is 0. The van der Waals surface area contributed by atoms with Crippen molar-refractivity contribution in [2.75, 3.05) is 19.8 Å². The second-order valence-corrected chi connectivity index (χ2v) is 5.89. The van der Waals surface area contributed by atoms with Gasteiger partial charge in [0.2, 0.25) is 0 Å². The molecule has 0 radical (unpaired) electrons. The van der Waals surface area contributed by atoms with E-state index in [2.05, 4.69) is 13.0 Å². The normalized spacial score (nSPS) is 13.3. The molecule has 0 aromatic rings. The lowest BCUT2D eigenvalue weighted by Crippen LogP contribution is -2.44. The molecule has 0 aliphatic rings. The van der Waals surface area contributed by atoms with Crippen LogP contribution in [0.15, 0.2) is 36.1 Å². The van der Waals surface area contributed by atoms with Crippen molar-refractivity contribution in [2.24, 2.45) is 0 Å². The van der Waals surface area contributed by atoms with Gasteiger partial charge in [-0.25, -0.2) is 0 Å². The quantitative estimate of drug-likeness (QED) is 0.448. The molecular formula is C14H26O3Si. The Morgan fingerprint density at radius 3 is 1.67 bits per heavy atom. The highest BCUT2D eigenvalue weighted by Crippen LogP contribution is 2.11. The molecule has 0 saturated carbocycles. The third kappa shape index (κ3) is 7.61. The molecule has 18 heavy (non-hydrogen) atoms. The molecule has 0 spiro atoms. The van der Waals surface area contributed by atoms with Crippen molar-refractivity contribution in [2.45, 2.75) is 34.1 Å². The summed E-state index contributed by atoms with van der Waals surface area (Å²) in [4.78, 5) is 0. The largest absolute Gasteiger partial charge is 0.529 e. The molecule has 0 N–H and O–H groups in total. The molecule has 3 nitrogen and oxygen atoms in total. The summed E-state index contributed by atoms with van der Waals surface area (Å²) in [7, 11) is -2.62. The van der Waals surface area contributed by atoms with E-state index in [9.17, 15) is 0 Å². The first-order chi connectivity index (χ1) is 8.74. The third-order valence-electron chi connectivity index (χ3n) is 2.04. The highest BCUT2D eigenvalue weighted by atomic mass is 28.4. The van der Waals surface area contributed by atoms with Crippen molar-refractivity contribution in [1.82, 2.24) is 0 Å². The van der Waals surface area contributed by atoms with Gasteiger partial charge >= 0.3 is 8.80 Å². The fourth-order valence-corrected chi connectivity index (χ4v) is 3.48. The van der Waals surface area contributed by atoms with Gasteiger partial charge < -0.3 is 13.3 Å². The monoisotopic (exact) mass is 270 g/mol. The van der Waals surface area contributed by atoms with Gasteiger partial charge in [-0.3, -0.25) is 0 Å². The molecule has 0 heterocycles. The van der Waals surface area contributed by atoms with Crippen molar-refractivity contribution in [3.8, 4) is 0 Å². The minimum atomic E-state index is -2.62. The zero-order valence-electron chi connectivity index (χ0n) is 12.0. The summed E-state index contributed by atoms with van der Waals surface area (Å²) in [6.45, 7) is 9.74. The molecule has 0 aromatic carbocycles. The van der Waals surface area contributed by atoms with Crippen LogP contribution in [-0.4, -0.2) is 28.6 Å². The molecule has 0 saturated heterocycles. The fraction of sp³-hybridized carbons (Fsp3) is 0.571. The van der Waals surface area contributed by atoms with Gasteiger partial charge in [0, 0.05) is 19.8 Å². The molecule has 0 bridgehead atoms. The number of hydrogen-bond donors (Lipinski definition) is 0. The van der Waals surface area contributed by atoms with Gasteiger partial charge in [0.15, 0.2) is 0 Å². The molecule has 0 rings (SSSR count). The van der Waals surface area contributed by atoms with Crippen LogP contribution in [0, 0.1) is 0 Å². The van der Waals surface area contributed by atoms with Gasteiger partial charge in [-0.1, -0.05) is 37.3 Å². The Morgan fingerprint density at radius 2 is 1.22 bits per heavy atom. The van der Waals surface area contributed by atoms with Crippen molar-refractivity contribution < 1.29 is 13.3 Å². The summed E-state index contributed by atoms with van der Waals surface area (Å²) in [5.74, 6) is 0. The molecule has 0 aliphatic carbocycles. The maximum atomic E-state index is 5.69. The van der Waals surface area contributed by atoms with E-state index in [-0.39, 0.29) is 0 Å². The smallest absolute Gasteiger partial charge is 0.371 e. The third-order valence-corrected chi connectivity index (χ3v) is 4.72. The Kier molecular flexibility index (Phi) is 11.0. The van der Waals surface area contributed by atoms with Crippen LogP contribution < -0.4 is 0 Å². The van der Waals surface area contributed by atoms with Crippen LogP contribution in [0.1, 0.15) is 34.1 Å². The molecule has 4 heteroatoms. The average molecular weight is 270 g/mol. The van der Waals surface area contributed by atoms with Crippen molar-refractivity contribution in [3.05, 3.63) is 36.1 Å². The van der Waals surface area contributed by atoms with E-state index < -0.39 is 8.80 Å². The van der Waals surface area contributed by atoms with E-state index in [1.54, 1.807) is 0 Å². The van der Waals surface area contributed by atoms with Crippen LogP contribution in [-0.2, 0) is 13.3 Å². The van der Waals surface area contributed by atoms with Gasteiger partial charge in [-0.05, 0) is 32.9 Å². The maximum absolute atomic E-state index is 5.69. The number of allylic oxidation sites excluding steroid dienone is 5. The Balaban J connectivity index is 4.58. The molecule has 0 aromatic heterocycles. The zero-order valence-corrected chi connectivity index (χ0v) is 13.0. The Hall–Kier alpha value is -0.683. The first-order valence-electron chi connectivity index (χ1n) is 6.67. The van der Waals surface area contributed by atoms with Gasteiger partial charge in [0.1, 0.15) is 0 Å². The lowest BCUT2D eigenvalue weighted by Gasteiger charge is -2.25. The second kappa shape index (κ2) is 11.4. The molecule has 0 unspecified atom stereocenters. The molecule has 0 amide bonds. The van der Waals surface area contributed by atoms with Crippen LogP contribution in [0.5, 0.6) is 0 Å². The van der Waals surface area contributed by atoms with E-state index in [0.717, 1.165) is 6.42 Å². The van der Waals surface area contributed by atoms with Crippen molar-refractivity contribution in [1.29, 1.82) is 0 Å². The first-order valence-corrected chi connectivity index (χ1v) is 8.47. The van der Waals surface area contributed by atoms with Gasteiger partial charge in [-0.15, -0.1) is 0 Å². The summed E-state index contributed by atoms with van der Waals surface area (Å²) in [5.41, 5.74) is 1.93. The highest BCUT2D eigenvalue weighted by Gasteiger charge is 2.37. The lowest BCUT2D eigenvalue weighted by atomic mass is 10.4. The minimum absolute atomic E-state index is 0.593. The predicted octanol–water partition coefficient (Wildman–Crippen LogP) is 3.65. The fourth-order valence-electron chi connectivity index (χ4n) is 1.39. The number of hydrogen-bond acceptors (Lipinski definition) is 3. The van der Waals surface area contributed by atoms with E-state index in [1.807, 2.05) is 50.8 Å². The van der Waals surface area contributed by atoms with E-state index >= 15 is 0 Å². The Morgan fingerprint density at radius 1 is 0.722 bits per heavy atom. The van der Waals surface area contributed by atoms with Crippen molar-refractivity contribution >= 4 is 8.80 Å². The minimum Gasteiger partial charge on any atom is -0.371 e. The van der Waals surface area contributed by atoms with Gasteiger partial charge in [0.25, 0.3) is 0 Å². The zero-order chi connectivity index (χ0) is 13.7. The van der Waals surface area contributed by atoms with E-state index in [1.165, 1.54) is 0 Å². The SMILES string of the molecule is CCC=CC=CC=C[Si](OCC)(OCC)OCC. The van der Waals surface area contributed by atoms with Gasteiger partial charge in [-0.2, -0.15) is 0 Å². The second-order valence-electron chi connectivity index (χ2n) is 3.48. The molecule has 0 fully saturated rings. The molecular weight excluding hydrogens is 244 g/mol. The van der Waals surface area contributed by atoms with Crippen LogP contribution in [0.3, 0.4) is 0 Å². The summed E-state index contributed by atoms with van der Waals surface area (Å²) < 4.78 is 17.1. The van der Waals surface area contributed by atoms with Crippen molar-refractivity contribution in [3.63, 3.8) is 0 Å².